The van der Waals surface area contributed by atoms with Crippen molar-refractivity contribution >= 4 is 23.4 Å². The van der Waals surface area contributed by atoms with Gasteiger partial charge >= 0.3 is 0 Å². The number of halogens is 2. The highest BCUT2D eigenvalue weighted by Crippen LogP contribution is 2.21. The number of carbonyl (C=O) groups is 1. The van der Waals surface area contributed by atoms with Gasteiger partial charge in [-0.25, -0.2) is 13.5 Å². The van der Waals surface area contributed by atoms with E-state index in [1.165, 1.54) is 10.2 Å². The second-order valence-electron chi connectivity index (χ2n) is 6.74. The third kappa shape index (κ3) is 5.47. The SMILES string of the molecule is CC(C)c1ccc(OCc2nnc(SCC(=O)Nc3cc(F)ccc3F)n2N)cc1. The summed E-state index contributed by atoms with van der Waals surface area (Å²) in [4.78, 5) is 12.0. The van der Waals surface area contributed by atoms with Crippen LogP contribution in [0.2, 0.25) is 0 Å². The van der Waals surface area contributed by atoms with Gasteiger partial charge in [0.1, 0.15) is 24.0 Å². The van der Waals surface area contributed by atoms with Gasteiger partial charge in [0, 0.05) is 6.07 Å². The van der Waals surface area contributed by atoms with Crippen molar-refractivity contribution in [2.24, 2.45) is 0 Å². The number of anilines is 1. The number of nitrogens with one attached hydrogen (secondary N) is 1. The van der Waals surface area contributed by atoms with E-state index in [0.29, 0.717) is 22.6 Å². The van der Waals surface area contributed by atoms with Crippen molar-refractivity contribution in [1.82, 2.24) is 14.9 Å². The Labute approximate surface area is 176 Å². The summed E-state index contributed by atoms with van der Waals surface area (Å²) in [5.74, 6) is 5.43. The largest absolute Gasteiger partial charge is 0.486 e. The Morgan fingerprint density at radius 1 is 1.20 bits per heavy atom. The minimum atomic E-state index is -0.724. The first kappa shape index (κ1) is 21.6. The summed E-state index contributed by atoms with van der Waals surface area (Å²) >= 11 is 1.01. The lowest BCUT2D eigenvalue weighted by Gasteiger charge is -2.09. The van der Waals surface area contributed by atoms with Crippen LogP contribution in [0.5, 0.6) is 5.75 Å². The second-order valence-corrected chi connectivity index (χ2v) is 7.68. The van der Waals surface area contributed by atoms with Crippen molar-refractivity contribution in [1.29, 1.82) is 0 Å². The third-order valence-electron chi connectivity index (χ3n) is 4.18. The summed E-state index contributed by atoms with van der Waals surface area (Å²) in [7, 11) is 0. The summed E-state index contributed by atoms with van der Waals surface area (Å²) in [5.41, 5.74) is 0.979. The fourth-order valence-corrected chi connectivity index (χ4v) is 3.19. The lowest BCUT2D eigenvalue weighted by Crippen LogP contribution is -2.18. The zero-order valence-electron chi connectivity index (χ0n) is 16.4. The predicted octanol–water partition coefficient (Wildman–Crippen LogP) is 3.70. The van der Waals surface area contributed by atoms with Gasteiger partial charge in [0.15, 0.2) is 5.82 Å². The number of ether oxygens (including phenoxy) is 1. The van der Waals surface area contributed by atoms with E-state index in [4.69, 9.17) is 10.6 Å². The number of nitrogens with zero attached hydrogens (tertiary/aromatic N) is 3. The van der Waals surface area contributed by atoms with Gasteiger partial charge in [-0.15, -0.1) is 10.2 Å². The van der Waals surface area contributed by atoms with E-state index >= 15 is 0 Å². The zero-order chi connectivity index (χ0) is 21.7. The molecule has 0 fully saturated rings. The van der Waals surface area contributed by atoms with Crippen molar-refractivity contribution in [3.8, 4) is 5.75 Å². The smallest absolute Gasteiger partial charge is 0.234 e. The van der Waals surface area contributed by atoms with Gasteiger partial charge in [0.2, 0.25) is 11.1 Å². The van der Waals surface area contributed by atoms with Gasteiger partial charge in [0.05, 0.1) is 11.4 Å². The maximum Gasteiger partial charge on any atom is 0.234 e. The summed E-state index contributed by atoms with van der Waals surface area (Å²) < 4.78 is 33.7. The minimum absolute atomic E-state index is 0.103. The molecule has 0 saturated heterocycles. The lowest BCUT2D eigenvalue weighted by atomic mass is 10.0. The van der Waals surface area contributed by atoms with Gasteiger partial charge < -0.3 is 15.9 Å². The molecule has 0 spiro atoms. The Bertz CT molecular complexity index is 1020. The molecular weight excluding hydrogens is 412 g/mol. The molecule has 1 heterocycles. The number of benzene rings is 2. The summed E-state index contributed by atoms with van der Waals surface area (Å²) in [6.07, 6.45) is 0. The van der Waals surface area contributed by atoms with Crippen LogP contribution >= 0.6 is 11.8 Å². The third-order valence-corrected chi connectivity index (χ3v) is 5.13. The van der Waals surface area contributed by atoms with Gasteiger partial charge in [-0.05, 0) is 35.7 Å². The van der Waals surface area contributed by atoms with Gasteiger partial charge in [0.25, 0.3) is 0 Å². The fourth-order valence-electron chi connectivity index (χ4n) is 2.51. The molecule has 3 rings (SSSR count). The van der Waals surface area contributed by atoms with E-state index in [1.54, 1.807) is 0 Å². The van der Waals surface area contributed by atoms with Crippen LogP contribution in [0, 0.1) is 11.6 Å². The number of aromatic nitrogens is 3. The molecular formula is C20H21F2N5O2S. The van der Waals surface area contributed by atoms with Gasteiger partial charge in [-0.1, -0.05) is 37.7 Å². The molecule has 0 aliphatic heterocycles. The highest BCUT2D eigenvalue weighted by Gasteiger charge is 2.14. The van der Waals surface area contributed by atoms with Crippen molar-refractivity contribution in [3.63, 3.8) is 0 Å². The summed E-state index contributed by atoms with van der Waals surface area (Å²) in [6.45, 7) is 4.33. The minimum Gasteiger partial charge on any atom is -0.486 e. The van der Waals surface area contributed by atoms with Crippen LogP contribution in [0.3, 0.4) is 0 Å². The molecule has 1 amide bonds. The summed E-state index contributed by atoms with van der Waals surface area (Å²) in [6, 6.07) is 10.6. The molecule has 1 aromatic heterocycles. The zero-order valence-corrected chi connectivity index (χ0v) is 17.2. The molecule has 3 N–H and O–H groups in total. The average Bonchev–Trinajstić information content (AvgIpc) is 3.07. The number of rotatable bonds is 8. The van der Waals surface area contributed by atoms with Crippen molar-refractivity contribution in [3.05, 3.63) is 65.5 Å². The maximum atomic E-state index is 13.6. The normalized spacial score (nSPS) is 11.0. The van der Waals surface area contributed by atoms with Crippen LogP contribution in [-0.2, 0) is 11.4 Å². The Balaban J connectivity index is 1.53. The number of carbonyl (C=O) groups excluding carboxylic acids is 1. The topological polar surface area (TPSA) is 95.1 Å². The van der Waals surface area contributed by atoms with Crippen LogP contribution in [0.15, 0.2) is 47.6 Å². The molecule has 0 saturated carbocycles. The Morgan fingerprint density at radius 3 is 2.63 bits per heavy atom. The Morgan fingerprint density at radius 2 is 1.93 bits per heavy atom. The van der Waals surface area contributed by atoms with Crippen LogP contribution in [0.25, 0.3) is 0 Å². The van der Waals surface area contributed by atoms with E-state index < -0.39 is 17.5 Å². The van der Waals surface area contributed by atoms with E-state index in [-0.39, 0.29) is 18.0 Å². The molecule has 0 aliphatic rings. The first-order chi connectivity index (χ1) is 14.3. The van der Waals surface area contributed by atoms with Crippen molar-refractivity contribution in [2.45, 2.75) is 31.5 Å². The number of amides is 1. The highest BCUT2D eigenvalue weighted by atomic mass is 32.2. The molecule has 0 aliphatic carbocycles. The van der Waals surface area contributed by atoms with Crippen molar-refractivity contribution in [2.75, 3.05) is 16.9 Å². The first-order valence-electron chi connectivity index (χ1n) is 9.13. The molecule has 0 atom stereocenters. The van der Waals surface area contributed by atoms with Crippen LogP contribution < -0.4 is 15.9 Å². The number of thioether (sulfide) groups is 1. The molecule has 10 heteroatoms. The van der Waals surface area contributed by atoms with Crippen LogP contribution in [-0.4, -0.2) is 26.5 Å². The molecule has 30 heavy (non-hydrogen) atoms. The quantitative estimate of drug-likeness (QED) is 0.415. The Kier molecular flexibility index (Phi) is 6.88. The molecule has 7 nitrogen and oxygen atoms in total. The van der Waals surface area contributed by atoms with Gasteiger partial charge in [-0.2, -0.15) is 0 Å². The number of nitrogens with two attached hydrogens (primary N) is 1. The molecule has 0 bridgehead atoms. The van der Waals surface area contributed by atoms with Gasteiger partial charge in [-0.3, -0.25) is 4.79 Å². The fraction of sp³-hybridized carbons (Fsp3) is 0.250. The van der Waals surface area contributed by atoms with E-state index in [1.807, 2.05) is 24.3 Å². The number of hydrogen-bond acceptors (Lipinski definition) is 6. The highest BCUT2D eigenvalue weighted by molar-refractivity contribution is 7.99. The van der Waals surface area contributed by atoms with E-state index in [0.717, 1.165) is 30.0 Å². The first-order valence-corrected chi connectivity index (χ1v) is 10.1. The molecule has 0 unspecified atom stereocenters. The second kappa shape index (κ2) is 9.57. The number of nitrogen functional groups attached to an aromatic ring is 1. The lowest BCUT2D eigenvalue weighted by molar-refractivity contribution is -0.113. The molecule has 2 aromatic carbocycles. The monoisotopic (exact) mass is 433 g/mol. The predicted molar refractivity (Wildman–Crippen MR) is 111 cm³/mol. The average molecular weight is 433 g/mol. The van der Waals surface area contributed by atoms with Crippen LogP contribution in [0.1, 0.15) is 31.2 Å². The van der Waals surface area contributed by atoms with E-state index in [9.17, 15) is 13.6 Å². The molecule has 158 valence electrons. The maximum absolute atomic E-state index is 13.6. The standard InChI is InChI=1S/C20H21F2N5O2S/c1-12(2)13-3-6-15(7-4-13)29-10-18-25-26-20(27(18)23)30-11-19(28)24-17-9-14(21)5-8-16(17)22/h3-9,12H,10-11,23H2,1-2H3,(H,24,28). The van der Waals surface area contributed by atoms with Crippen LogP contribution in [0.4, 0.5) is 14.5 Å². The summed E-state index contributed by atoms with van der Waals surface area (Å²) in [5, 5.41) is 10.5. The molecule has 0 radical (unpaired) electrons. The molecule has 3 aromatic rings. The Hall–Kier alpha value is -3.14. The van der Waals surface area contributed by atoms with Crippen molar-refractivity contribution < 1.29 is 18.3 Å². The number of hydrogen-bond donors (Lipinski definition) is 2. The van der Waals surface area contributed by atoms with E-state index in [2.05, 4.69) is 29.4 Å².